The lowest BCUT2D eigenvalue weighted by Crippen LogP contribution is -2.36. The molecule has 1 amide bonds. The topological polar surface area (TPSA) is 85.2 Å². The first-order valence-corrected chi connectivity index (χ1v) is 5.19. The van der Waals surface area contributed by atoms with E-state index in [4.69, 9.17) is 10.4 Å². The molecule has 0 aromatic heterocycles. The van der Waals surface area contributed by atoms with E-state index in [2.05, 4.69) is 17.6 Å². The second-order valence-electron chi connectivity index (χ2n) is 3.35. The first-order valence-electron chi connectivity index (χ1n) is 5.19. The number of carbonyl (C=O) groups excluding carboxylic acids is 1. The van der Waals surface area contributed by atoms with Gasteiger partial charge in [0.05, 0.1) is 12.6 Å². The van der Waals surface area contributed by atoms with Crippen molar-refractivity contribution in [2.75, 3.05) is 26.2 Å². The maximum Gasteiger partial charge on any atom is 0.234 e. The minimum atomic E-state index is -0.171. The number of nitrogens with zero attached hydrogens (tertiary/aromatic N) is 1. The van der Waals surface area contributed by atoms with Gasteiger partial charge in [-0.2, -0.15) is 5.26 Å². The smallest absolute Gasteiger partial charge is 0.234 e. The van der Waals surface area contributed by atoms with Crippen molar-refractivity contribution in [3.63, 3.8) is 0 Å². The summed E-state index contributed by atoms with van der Waals surface area (Å²) >= 11 is 0. The van der Waals surface area contributed by atoms with Crippen molar-refractivity contribution >= 4 is 5.91 Å². The van der Waals surface area contributed by atoms with Gasteiger partial charge >= 0.3 is 0 Å². The zero-order valence-electron chi connectivity index (χ0n) is 9.12. The summed E-state index contributed by atoms with van der Waals surface area (Å²) in [6.45, 7) is 3.23. The Balaban J connectivity index is 3.50. The van der Waals surface area contributed by atoms with Crippen LogP contribution in [0.4, 0.5) is 0 Å². The lowest BCUT2D eigenvalue weighted by molar-refractivity contribution is -0.120. The highest BCUT2D eigenvalue weighted by atomic mass is 16.3. The monoisotopic (exact) mass is 213 g/mol. The highest BCUT2D eigenvalue weighted by Gasteiger charge is 2.06. The molecule has 0 fully saturated rings. The van der Waals surface area contributed by atoms with Gasteiger partial charge in [-0.1, -0.05) is 13.3 Å². The second-order valence-corrected chi connectivity index (χ2v) is 3.35. The molecule has 86 valence electrons. The first-order chi connectivity index (χ1) is 7.24. The van der Waals surface area contributed by atoms with Crippen molar-refractivity contribution in [1.82, 2.24) is 10.6 Å². The van der Waals surface area contributed by atoms with Gasteiger partial charge in [-0.15, -0.1) is 0 Å². The maximum absolute atomic E-state index is 11.1. The van der Waals surface area contributed by atoms with E-state index < -0.39 is 0 Å². The second kappa shape index (κ2) is 9.44. The van der Waals surface area contributed by atoms with E-state index in [-0.39, 0.29) is 25.6 Å². The fraction of sp³-hybridized carbons (Fsp3) is 0.800. The van der Waals surface area contributed by atoms with Crippen molar-refractivity contribution in [2.24, 2.45) is 5.92 Å². The largest absolute Gasteiger partial charge is 0.396 e. The highest BCUT2D eigenvalue weighted by molar-refractivity contribution is 5.78. The van der Waals surface area contributed by atoms with E-state index in [1.807, 2.05) is 6.07 Å². The molecule has 0 aliphatic heterocycles. The van der Waals surface area contributed by atoms with Crippen LogP contribution in [0.3, 0.4) is 0 Å². The minimum absolute atomic E-state index is 0.0500. The molecule has 0 aliphatic carbocycles. The van der Waals surface area contributed by atoms with E-state index in [9.17, 15) is 4.79 Å². The number of aliphatic hydroxyl groups is 1. The Hall–Kier alpha value is -1.12. The first kappa shape index (κ1) is 13.9. The van der Waals surface area contributed by atoms with Crippen LogP contribution in [0.1, 0.15) is 19.8 Å². The van der Waals surface area contributed by atoms with Gasteiger partial charge < -0.3 is 15.7 Å². The third-order valence-corrected chi connectivity index (χ3v) is 2.20. The summed E-state index contributed by atoms with van der Waals surface area (Å²) in [6, 6.07) is 1.84. The SMILES string of the molecule is CCC(CCO)CNCC(=O)NCC#N. The molecule has 0 saturated carbocycles. The summed E-state index contributed by atoms with van der Waals surface area (Å²) in [5, 5.41) is 22.4. The zero-order valence-corrected chi connectivity index (χ0v) is 9.12. The summed E-state index contributed by atoms with van der Waals surface area (Å²) in [4.78, 5) is 11.1. The van der Waals surface area contributed by atoms with Crippen LogP contribution in [0.15, 0.2) is 0 Å². The molecule has 1 unspecified atom stereocenters. The highest BCUT2D eigenvalue weighted by Crippen LogP contribution is 2.04. The van der Waals surface area contributed by atoms with Crippen molar-refractivity contribution in [1.29, 1.82) is 5.26 Å². The standard InChI is InChI=1S/C10H19N3O2/c1-2-9(3-6-14)7-12-8-10(15)13-5-4-11/h9,12,14H,2-3,5-8H2,1H3,(H,13,15). The van der Waals surface area contributed by atoms with E-state index in [0.717, 1.165) is 19.4 Å². The fourth-order valence-electron chi connectivity index (χ4n) is 1.22. The minimum Gasteiger partial charge on any atom is -0.396 e. The predicted octanol–water partition coefficient (Wildman–Crippen LogP) is -0.376. The summed E-state index contributed by atoms with van der Waals surface area (Å²) in [5.41, 5.74) is 0. The third-order valence-electron chi connectivity index (χ3n) is 2.20. The summed E-state index contributed by atoms with van der Waals surface area (Å²) < 4.78 is 0. The van der Waals surface area contributed by atoms with Crippen molar-refractivity contribution in [3.05, 3.63) is 0 Å². The van der Waals surface area contributed by atoms with Crippen LogP contribution >= 0.6 is 0 Å². The quantitative estimate of drug-likeness (QED) is 0.480. The van der Waals surface area contributed by atoms with Crippen LogP contribution in [0.2, 0.25) is 0 Å². The predicted molar refractivity (Wildman–Crippen MR) is 57.0 cm³/mol. The van der Waals surface area contributed by atoms with Gasteiger partial charge in [0.2, 0.25) is 5.91 Å². The summed E-state index contributed by atoms with van der Waals surface area (Å²) in [7, 11) is 0. The molecule has 0 aromatic rings. The van der Waals surface area contributed by atoms with Crippen molar-refractivity contribution in [3.8, 4) is 6.07 Å². The molecule has 0 spiro atoms. The molecular weight excluding hydrogens is 194 g/mol. The van der Waals surface area contributed by atoms with Crippen LogP contribution in [0.5, 0.6) is 0 Å². The molecule has 0 rings (SSSR count). The van der Waals surface area contributed by atoms with Crippen LogP contribution in [0.25, 0.3) is 0 Å². The molecule has 0 saturated heterocycles. The normalized spacial score (nSPS) is 11.8. The third kappa shape index (κ3) is 7.91. The van der Waals surface area contributed by atoms with Gasteiger partial charge in [-0.3, -0.25) is 4.79 Å². The molecule has 0 heterocycles. The van der Waals surface area contributed by atoms with Gasteiger partial charge in [-0.25, -0.2) is 0 Å². The van der Waals surface area contributed by atoms with E-state index >= 15 is 0 Å². The number of hydrogen-bond acceptors (Lipinski definition) is 4. The fourth-order valence-corrected chi connectivity index (χ4v) is 1.22. The summed E-state index contributed by atoms with van der Waals surface area (Å²) in [6.07, 6.45) is 1.73. The molecule has 3 N–H and O–H groups in total. The maximum atomic E-state index is 11.1. The van der Waals surface area contributed by atoms with Crippen LogP contribution in [0, 0.1) is 17.2 Å². The van der Waals surface area contributed by atoms with Crippen LogP contribution in [-0.2, 0) is 4.79 Å². The molecule has 0 radical (unpaired) electrons. The molecule has 0 aromatic carbocycles. The number of amides is 1. The molecule has 5 nitrogen and oxygen atoms in total. The average molecular weight is 213 g/mol. The Kier molecular flexibility index (Phi) is 8.73. The lowest BCUT2D eigenvalue weighted by atomic mass is 10.0. The number of hydrogen-bond donors (Lipinski definition) is 3. The van der Waals surface area contributed by atoms with Crippen molar-refractivity contribution in [2.45, 2.75) is 19.8 Å². The van der Waals surface area contributed by atoms with E-state index in [1.54, 1.807) is 0 Å². The van der Waals surface area contributed by atoms with Gasteiger partial charge in [-0.05, 0) is 18.9 Å². The van der Waals surface area contributed by atoms with Crippen LogP contribution < -0.4 is 10.6 Å². The Morgan fingerprint density at radius 2 is 2.33 bits per heavy atom. The van der Waals surface area contributed by atoms with Gasteiger partial charge in [0.1, 0.15) is 6.54 Å². The van der Waals surface area contributed by atoms with Gasteiger partial charge in [0.15, 0.2) is 0 Å². The average Bonchev–Trinajstić information content (AvgIpc) is 2.25. The molecular formula is C10H19N3O2. The van der Waals surface area contributed by atoms with Crippen LogP contribution in [-0.4, -0.2) is 37.3 Å². The molecule has 1 atom stereocenters. The number of nitrogens with one attached hydrogen (secondary N) is 2. The Morgan fingerprint density at radius 1 is 1.60 bits per heavy atom. The Labute approximate surface area is 90.5 Å². The van der Waals surface area contributed by atoms with Crippen molar-refractivity contribution < 1.29 is 9.90 Å². The number of rotatable bonds is 8. The van der Waals surface area contributed by atoms with Gasteiger partial charge in [0, 0.05) is 6.61 Å². The molecule has 15 heavy (non-hydrogen) atoms. The Morgan fingerprint density at radius 3 is 2.87 bits per heavy atom. The Bertz CT molecular complexity index is 213. The molecule has 0 bridgehead atoms. The van der Waals surface area contributed by atoms with Gasteiger partial charge in [0.25, 0.3) is 0 Å². The van der Waals surface area contributed by atoms with E-state index in [0.29, 0.717) is 5.92 Å². The summed E-state index contributed by atoms with van der Waals surface area (Å²) in [5.74, 6) is 0.231. The number of aliphatic hydroxyl groups excluding tert-OH is 1. The molecule has 0 aliphatic rings. The lowest BCUT2D eigenvalue weighted by Gasteiger charge is -2.13. The molecule has 5 heteroatoms. The zero-order chi connectivity index (χ0) is 11.5. The number of nitriles is 1. The van der Waals surface area contributed by atoms with E-state index in [1.165, 1.54) is 0 Å². The number of carbonyl (C=O) groups is 1.